The van der Waals surface area contributed by atoms with Gasteiger partial charge < -0.3 is 14.5 Å². The monoisotopic (exact) mass is 684 g/mol. The maximum atomic E-state index is 6.69. The highest BCUT2D eigenvalue weighted by molar-refractivity contribution is 6.09. The van der Waals surface area contributed by atoms with Gasteiger partial charge in [-0.25, -0.2) is 4.98 Å². The number of anilines is 4. The number of hydrogen-bond donors (Lipinski definition) is 0. The number of aromatic nitrogens is 2. The van der Waals surface area contributed by atoms with Crippen LogP contribution in [0.4, 0.5) is 22.7 Å². The fourth-order valence-corrected chi connectivity index (χ4v) is 7.77. The van der Waals surface area contributed by atoms with Crippen LogP contribution in [0.5, 0.6) is 11.5 Å². The second-order valence-corrected chi connectivity index (χ2v) is 15.9. The van der Waals surface area contributed by atoms with Crippen molar-refractivity contribution in [2.24, 2.45) is 0 Å². The molecule has 5 aromatic carbocycles. The highest BCUT2D eigenvalue weighted by Gasteiger charge is 2.32. The van der Waals surface area contributed by atoms with E-state index in [1.165, 1.54) is 50.1 Å². The lowest BCUT2D eigenvalue weighted by Gasteiger charge is -2.30. The van der Waals surface area contributed by atoms with Crippen molar-refractivity contribution in [1.82, 2.24) is 9.55 Å². The van der Waals surface area contributed by atoms with Crippen LogP contribution in [-0.2, 0) is 5.41 Å². The summed E-state index contributed by atoms with van der Waals surface area (Å²) in [4.78, 5) is 9.78. The molecule has 0 saturated heterocycles. The summed E-state index contributed by atoms with van der Waals surface area (Å²) in [7, 11) is 0. The van der Waals surface area contributed by atoms with Crippen molar-refractivity contribution in [3.8, 4) is 17.3 Å². The predicted octanol–water partition coefficient (Wildman–Crippen LogP) is 13.1. The zero-order chi connectivity index (χ0) is 36.3. The fraction of sp³-hybridized carbons (Fsp3) is 0.255. The third kappa shape index (κ3) is 5.88. The van der Waals surface area contributed by atoms with E-state index in [-0.39, 0.29) is 5.41 Å². The normalized spacial score (nSPS) is 13.2. The van der Waals surface area contributed by atoms with Crippen LogP contribution in [0.3, 0.4) is 0 Å². The van der Waals surface area contributed by atoms with Crippen LogP contribution in [0.1, 0.15) is 82.6 Å². The molecule has 0 fully saturated rings. The molecule has 5 heteroatoms. The summed E-state index contributed by atoms with van der Waals surface area (Å²) in [5, 5.41) is 2.37. The Balaban J connectivity index is 1.17. The zero-order valence-corrected chi connectivity index (χ0v) is 31.6. The number of ether oxygens (including phenoxy) is 1. The number of rotatable bonds is 7. The Morgan fingerprint density at radius 2 is 1.29 bits per heavy atom. The minimum absolute atomic E-state index is 0.0101. The summed E-state index contributed by atoms with van der Waals surface area (Å²) >= 11 is 0. The van der Waals surface area contributed by atoms with Crippen molar-refractivity contribution in [3.05, 3.63) is 144 Å². The lowest BCUT2D eigenvalue weighted by molar-refractivity contribution is 0.483. The maximum absolute atomic E-state index is 6.69. The zero-order valence-electron chi connectivity index (χ0n) is 31.6. The molecule has 0 unspecified atom stereocenters. The molecule has 0 atom stereocenters. The number of aryl methyl sites for hydroxylation is 1. The Morgan fingerprint density at radius 1 is 0.635 bits per heavy atom. The molecule has 5 nitrogen and oxygen atoms in total. The smallest absolute Gasteiger partial charge is 0.137 e. The second kappa shape index (κ2) is 12.9. The molecular formula is C47H48N4O. The largest absolute Gasteiger partial charge is 0.457 e. The van der Waals surface area contributed by atoms with Crippen LogP contribution in [0.15, 0.2) is 121 Å². The number of benzene rings is 5. The molecule has 7 aromatic rings. The minimum Gasteiger partial charge on any atom is -0.457 e. The van der Waals surface area contributed by atoms with Gasteiger partial charge in [-0.1, -0.05) is 103 Å². The van der Waals surface area contributed by atoms with Crippen molar-refractivity contribution in [3.63, 3.8) is 0 Å². The van der Waals surface area contributed by atoms with Crippen LogP contribution >= 0.6 is 0 Å². The van der Waals surface area contributed by atoms with Gasteiger partial charge in [-0.2, -0.15) is 0 Å². The van der Waals surface area contributed by atoms with E-state index in [0.29, 0.717) is 11.8 Å². The van der Waals surface area contributed by atoms with E-state index >= 15 is 0 Å². The van der Waals surface area contributed by atoms with Gasteiger partial charge in [-0.05, 0) is 95.5 Å². The van der Waals surface area contributed by atoms with Gasteiger partial charge in [0, 0.05) is 40.5 Å². The molecule has 1 aliphatic rings. The summed E-state index contributed by atoms with van der Waals surface area (Å²) in [5.74, 6) is 3.29. The van der Waals surface area contributed by atoms with E-state index in [2.05, 4.69) is 179 Å². The highest BCUT2D eigenvalue weighted by atomic mass is 16.5. The molecule has 52 heavy (non-hydrogen) atoms. The molecule has 0 amide bonds. The first-order valence-electron chi connectivity index (χ1n) is 18.5. The Morgan fingerprint density at radius 3 is 2.00 bits per heavy atom. The molecule has 2 aromatic heterocycles. The van der Waals surface area contributed by atoms with Crippen molar-refractivity contribution in [2.45, 2.75) is 72.6 Å². The third-order valence-electron chi connectivity index (χ3n) is 10.4. The summed E-state index contributed by atoms with van der Waals surface area (Å²) in [5.41, 5.74) is 12.4. The average molecular weight is 685 g/mol. The number of hydrogen-bond acceptors (Lipinski definition) is 4. The molecular weight excluding hydrogens is 637 g/mol. The van der Waals surface area contributed by atoms with E-state index in [1.54, 1.807) is 0 Å². The third-order valence-corrected chi connectivity index (χ3v) is 10.4. The molecule has 3 heterocycles. The Labute approximate surface area is 308 Å². The molecule has 0 N–H and O–H groups in total. The topological polar surface area (TPSA) is 33.5 Å². The van der Waals surface area contributed by atoms with Crippen LogP contribution in [0, 0.1) is 6.92 Å². The van der Waals surface area contributed by atoms with Gasteiger partial charge >= 0.3 is 0 Å². The average Bonchev–Trinajstić information content (AvgIpc) is 3.67. The molecule has 8 rings (SSSR count). The minimum atomic E-state index is 0.0101. The Hall–Kier alpha value is -5.55. The van der Waals surface area contributed by atoms with E-state index < -0.39 is 0 Å². The van der Waals surface area contributed by atoms with Gasteiger partial charge in [-0.3, -0.25) is 4.57 Å². The lowest BCUT2D eigenvalue weighted by Crippen LogP contribution is -2.26. The molecule has 0 aliphatic carbocycles. The van der Waals surface area contributed by atoms with Gasteiger partial charge in [0.25, 0.3) is 0 Å². The first kappa shape index (κ1) is 33.6. The molecule has 1 aliphatic heterocycles. The Kier molecular flexibility index (Phi) is 8.33. The molecule has 0 saturated carbocycles. The number of nitrogens with zero attached hydrogens (tertiary/aromatic N) is 4. The Bertz CT molecular complexity index is 2420. The first-order valence-corrected chi connectivity index (χ1v) is 18.5. The van der Waals surface area contributed by atoms with Gasteiger partial charge in [0.15, 0.2) is 0 Å². The SMILES string of the molecule is Cc1cc(C(C)C)c(N2CN(c3cccc(Oc4ccc5c6ccccc6n(-c6cc(C(C)(C)C)ccn6)c5c4)c3)c3ccccc32)c(C(C)C)c1. The second-order valence-electron chi connectivity index (χ2n) is 15.9. The van der Waals surface area contributed by atoms with Crippen molar-refractivity contribution in [1.29, 1.82) is 0 Å². The van der Waals surface area contributed by atoms with Gasteiger partial charge in [0.2, 0.25) is 0 Å². The summed E-state index contributed by atoms with van der Waals surface area (Å²) in [6, 6.07) is 41.3. The number of fused-ring (bicyclic) bond motifs is 4. The van der Waals surface area contributed by atoms with Crippen LogP contribution in [-0.4, -0.2) is 16.2 Å². The van der Waals surface area contributed by atoms with Gasteiger partial charge in [0.1, 0.15) is 24.0 Å². The van der Waals surface area contributed by atoms with Gasteiger partial charge in [0.05, 0.1) is 22.4 Å². The standard InChI is InChI=1S/C47H48N4O/c1-30(2)39-24-32(5)25-40(31(3)4)46(39)50-29-49(42-18-11-12-19-43(42)50)34-14-13-15-35(27-34)52-36-20-21-38-37-16-9-10-17-41(37)51(44(38)28-36)45-26-33(22-23-48-45)47(6,7)8/h9-28,30-31H,29H2,1-8H3. The van der Waals surface area contributed by atoms with E-state index in [4.69, 9.17) is 9.72 Å². The summed E-state index contributed by atoms with van der Waals surface area (Å²) < 4.78 is 8.96. The first-order chi connectivity index (χ1) is 25.0. The van der Waals surface area contributed by atoms with E-state index in [0.717, 1.165) is 40.7 Å². The molecule has 262 valence electrons. The van der Waals surface area contributed by atoms with Crippen LogP contribution < -0.4 is 14.5 Å². The molecule has 0 spiro atoms. The van der Waals surface area contributed by atoms with Crippen molar-refractivity contribution >= 4 is 44.6 Å². The van der Waals surface area contributed by atoms with E-state index in [1.807, 2.05) is 12.3 Å². The predicted molar refractivity (Wildman–Crippen MR) is 219 cm³/mol. The van der Waals surface area contributed by atoms with E-state index in [9.17, 15) is 0 Å². The fourth-order valence-electron chi connectivity index (χ4n) is 7.77. The summed E-state index contributed by atoms with van der Waals surface area (Å²) in [6.07, 6.45) is 1.92. The quantitative estimate of drug-likeness (QED) is 0.167. The number of para-hydroxylation sites is 3. The number of pyridine rings is 1. The van der Waals surface area contributed by atoms with Crippen molar-refractivity contribution < 1.29 is 4.74 Å². The summed E-state index contributed by atoms with van der Waals surface area (Å²) in [6.45, 7) is 18.9. The molecule has 0 bridgehead atoms. The van der Waals surface area contributed by atoms with Gasteiger partial charge in [-0.15, -0.1) is 0 Å². The van der Waals surface area contributed by atoms with Crippen LogP contribution in [0.25, 0.3) is 27.6 Å². The molecule has 0 radical (unpaired) electrons. The highest BCUT2D eigenvalue weighted by Crippen LogP contribution is 2.49. The van der Waals surface area contributed by atoms with Crippen molar-refractivity contribution in [2.75, 3.05) is 16.5 Å². The maximum Gasteiger partial charge on any atom is 0.137 e. The lowest BCUT2D eigenvalue weighted by atomic mass is 9.88. The van der Waals surface area contributed by atoms with Crippen LogP contribution in [0.2, 0.25) is 0 Å².